The predicted octanol–water partition coefficient (Wildman–Crippen LogP) is 1.96. The molecule has 0 saturated heterocycles. The van der Waals surface area contributed by atoms with Crippen molar-refractivity contribution in [2.45, 2.75) is 6.42 Å². The molecule has 0 atom stereocenters. The van der Waals surface area contributed by atoms with E-state index < -0.39 is 9.84 Å². The highest BCUT2D eigenvalue weighted by atomic mass is 35.5. The lowest BCUT2D eigenvalue weighted by Crippen LogP contribution is -2.09. The van der Waals surface area contributed by atoms with Crippen LogP contribution in [0.2, 0.25) is 5.02 Å². The molecule has 0 radical (unpaired) electrons. The molecule has 0 unspecified atom stereocenters. The summed E-state index contributed by atoms with van der Waals surface area (Å²) in [4.78, 5) is 11.6. The molecule has 0 N–H and O–H groups in total. The van der Waals surface area contributed by atoms with Crippen molar-refractivity contribution in [3.63, 3.8) is 0 Å². The monoisotopic (exact) mass is 246 g/mol. The molecule has 5 heteroatoms. The minimum absolute atomic E-state index is 0.0252. The first-order valence-electron chi connectivity index (χ1n) is 4.35. The highest BCUT2D eigenvalue weighted by molar-refractivity contribution is 7.90. The Morgan fingerprint density at radius 1 is 1.33 bits per heavy atom. The predicted molar refractivity (Wildman–Crippen MR) is 60.1 cm³/mol. The fourth-order valence-corrected chi connectivity index (χ4v) is 1.90. The van der Waals surface area contributed by atoms with Crippen molar-refractivity contribution in [2.75, 3.05) is 12.0 Å². The SMILES string of the molecule is CS(=O)(=O)CCC(=O)c1ccccc1Cl. The number of hydrogen-bond acceptors (Lipinski definition) is 3. The van der Waals surface area contributed by atoms with E-state index in [1.165, 1.54) is 0 Å². The second-order valence-electron chi connectivity index (χ2n) is 3.28. The van der Waals surface area contributed by atoms with Gasteiger partial charge in [0.05, 0.1) is 10.8 Å². The fourth-order valence-electron chi connectivity index (χ4n) is 1.10. The van der Waals surface area contributed by atoms with Gasteiger partial charge in [0, 0.05) is 18.2 Å². The van der Waals surface area contributed by atoms with Crippen molar-refractivity contribution in [2.24, 2.45) is 0 Å². The Labute approximate surface area is 94.0 Å². The van der Waals surface area contributed by atoms with Crippen LogP contribution >= 0.6 is 11.6 Å². The van der Waals surface area contributed by atoms with E-state index in [1.807, 2.05) is 0 Å². The van der Waals surface area contributed by atoms with Gasteiger partial charge in [0.25, 0.3) is 0 Å². The number of benzene rings is 1. The van der Waals surface area contributed by atoms with Crippen LogP contribution in [0.5, 0.6) is 0 Å². The van der Waals surface area contributed by atoms with Gasteiger partial charge in [0.2, 0.25) is 0 Å². The van der Waals surface area contributed by atoms with E-state index in [4.69, 9.17) is 11.6 Å². The van der Waals surface area contributed by atoms with E-state index in [9.17, 15) is 13.2 Å². The van der Waals surface area contributed by atoms with Crippen LogP contribution in [-0.2, 0) is 9.84 Å². The number of Topliss-reactive ketones (excluding diaryl/α,β-unsaturated/α-hetero) is 1. The maximum absolute atomic E-state index is 11.6. The van der Waals surface area contributed by atoms with Gasteiger partial charge in [-0.25, -0.2) is 8.42 Å². The van der Waals surface area contributed by atoms with Crippen LogP contribution in [0.4, 0.5) is 0 Å². The molecule has 0 bridgehead atoms. The molecule has 0 amide bonds. The molecule has 1 rings (SSSR count). The molecule has 15 heavy (non-hydrogen) atoms. The summed E-state index contributed by atoms with van der Waals surface area (Å²) in [5, 5.41) is 0.357. The van der Waals surface area contributed by atoms with Crippen LogP contribution in [0.25, 0.3) is 0 Å². The highest BCUT2D eigenvalue weighted by Gasteiger charge is 2.12. The minimum atomic E-state index is -3.10. The van der Waals surface area contributed by atoms with Crippen LogP contribution < -0.4 is 0 Å². The molecule has 0 aliphatic rings. The molecule has 0 heterocycles. The Morgan fingerprint density at radius 2 is 1.93 bits per heavy atom. The van der Waals surface area contributed by atoms with Gasteiger partial charge < -0.3 is 0 Å². The molecule has 1 aromatic carbocycles. The maximum Gasteiger partial charge on any atom is 0.165 e. The Kier molecular flexibility index (Phi) is 3.88. The highest BCUT2D eigenvalue weighted by Crippen LogP contribution is 2.16. The van der Waals surface area contributed by atoms with Crippen molar-refractivity contribution in [3.05, 3.63) is 34.9 Å². The van der Waals surface area contributed by atoms with Crippen molar-refractivity contribution in [1.29, 1.82) is 0 Å². The Morgan fingerprint density at radius 3 is 2.47 bits per heavy atom. The molecule has 82 valence electrons. The largest absolute Gasteiger partial charge is 0.294 e. The third kappa shape index (κ3) is 4.01. The number of hydrogen-bond donors (Lipinski definition) is 0. The Bertz CT molecular complexity index is 465. The normalized spacial score (nSPS) is 11.3. The van der Waals surface area contributed by atoms with Gasteiger partial charge in [-0.05, 0) is 12.1 Å². The van der Waals surface area contributed by atoms with Gasteiger partial charge in [-0.1, -0.05) is 23.7 Å². The van der Waals surface area contributed by atoms with Gasteiger partial charge in [0.15, 0.2) is 5.78 Å². The van der Waals surface area contributed by atoms with Gasteiger partial charge >= 0.3 is 0 Å². The summed E-state index contributed by atoms with van der Waals surface area (Å²) >= 11 is 5.80. The van der Waals surface area contributed by atoms with Crippen LogP contribution in [0.15, 0.2) is 24.3 Å². The summed E-state index contributed by atoms with van der Waals surface area (Å²) in [7, 11) is -3.10. The number of carbonyl (C=O) groups excluding carboxylic acids is 1. The number of ketones is 1. The number of carbonyl (C=O) groups is 1. The molecule has 0 aliphatic carbocycles. The second kappa shape index (κ2) is 4.77. The van der Waals surface area contributed by atoms with E-state index in [1.54, 1.807) is 24.3 Å². The van der Waals surface area contributed by atoms with E-state index in [0.29, 0.717) is 10.6 Å². The zero-order chi connectivity index (χ0) is 11.5. The van der Waals surface area contributed by atoms with Crippen molar-refractivity contribution in [1.82, 2.24) is 0 Å². The molecular weight excluding hydrogens is 236 g/mol. The lowest BCUT2D eigenvalue weighted by atomic mass is 10.1. The van der Waals surface area contributed by atoms with Gasteiger partial charge in [-0.3, -0.25) is 4.79 Å². The standard InChI is InChI=1S/C10H11ClO3S/c1-15(13,14)7-6-10(12)8-4-2-3-5-9(8)11/h2-5H,6-7H2,1H3. The lowest BCUT2D eigenvalue weighted by molar-refractivity contribution is 0.0989. The summed E-state index contributed by atoms with van der Waals surface area (Å²) in [6.45, 7) is 0. The lowest BCUT2D eigenvalue weighted by Gasteiger charge is -2.02. The first kappa shape index (κ1) is 12.2. The number of sulfone groups is 1. The average molecular weight is 247 g/mol. The van der Waals surface area contributed by atoms with Crippen molar-refractivity contribution in [3.8, 4) is 0 Å². The molecule has 0 aromatic heterocycles. The average Bonchev–Trinajstić information content (AvgIpc) is 2.14. The van der Waals surface area contributed by atoms with Crippen LogP contribution in [0.3, 0.4) is 0 Å². The van der Waals surface area contributed by atoms with Gasteiger partial charge in [-0.2, -0.15) is 0 Å². The van der Waals surface area contributed by atoms with Gasteiger partial charge in [0.1, 0.15) is 9.84 Å². The third-order valence-electron chi connectivity index (χ3n) is 1.87. The summed E-state index contributed by atoms with van der Waals surface area (Å²) in [6, 6.07) is 6.61. The summed E-state index contributed by atoms with van der Waals surface area (Å²) in [5.74, 6) is -0.386. The maximum atomic E-state index is 11.6. The van der Waals surface area contributed by atoms with Crippen LogP contribution in [-0.4, -0.2) is 26.2 Å². The molecule has 0 fully saturated rings. The van der Waals surface area contributed by atoms with Gasteiger partial charge in [-0.15, -0.1) is 0 Å². The zero-order valence-electron chi connectivity index (χ0n) is 8.23. The fraction of sp³-hybridized carbons (Fsp3) is 0.300. The first-order chi connectivity index (χ1) is 6.90. The van der Waals surface area contributed by atoms with E-state index in [0.717, 1.165) is 6.26 Å². The summed E-state index contributed by atoms with van der Waals surface area (Å²) in [6.07, 6.45) is 1.08. The van der Waals surface area contributed by atoms with E-state index in [2.05, 4.69) is 0 Å². The van der Waals surface area contributed by atoms with Crippen LogP contribution in [0, 0.1) is 0 Å². The van der Waals surface area contributed by atoms with Crippen LogP contribution in [0.1, 0.15) is 16.8 Å². The first-order valence-corrected chi connectivity index (χ1v) is 6.79. The summed E-state index contributed by atoms with van der Waals surface area (Å²) in [5.41, 5.74) is 0.378. The molecule has 0 saturated carbocycles. The smallest absolute Gasteiger partial charge is 0.165 e. The van der Waals surface area contributed by atoms with E-state index >= 15 is 0 Å². The second-order valence-corrected chi connectivity index (χ2v) is 5.95. The summed E-state index contributed by atoms with van der Waals surface area (Å²) < 4.78 is 21.7. The van der Waals surface area contributed by atoms with Crippen molar-refractivity contribution >= 4 is 27.2 Å². The Balaban J connectivity index is 2.75. The molecule has 0 aliphatic heterocycles. The number of rotatable bonds is 4. The number of halogens is 1. The Hall–Kier alpha value is -0.870. The zero-order valence-corrected chi connectivity index (χ0v) is 9.81. The topological polar surface area (TPSA) is 51.2 Å². The molecule has 1 aromatic rings. The minimum Gasteiger partial charge on any atom is -0.294 e. The molecule has 3 nitrogen and oxygen atoms in total. The third-order valence-corrected chi connectivity index (χ3v) is 3.15. The van der Waals surface area contributed by atoms with E-state index in [-0.39, 0.29) is 18.0 Å². The molecule has 0 spiro atoms. The van der Waals surface area contributed by atoms with Crippen molar-refractivity contribution < 1.29 is 13.2 Å². The quantitative estimate of drug-likeness (QED) is 0.763. The molecular formula is C10H11ClO3S.